The molecule has 0 saturated heterocycles. The molecule has 0 fully saturated rings. The molecule has 6 heteroatoms. The SMILES string of the molecule is Cc1onc(-c2ccc(C(F)F)cc2)c1C(=O)O. The zero-order valence-corrected chi connectivity index (χ0v) is 9.35. The predicted octanol–water partition coefficient (Wildman–Crippen LogP) is 3.29. The maximum atomic E-state index is 12.4. The molecule has 0 amide bonds. The summed E-state index contributed by atoms with van der Waals surface area (Å²) in [5.74, 6) is -0.989. The fourth-order valence-electron chi connectivity index (χ4n) is 1.61. The maximum Gasteiger partial charge on any atom is 0.341 e. The summed E-state index contributed by atoms with van der Waals surface area (Å²) in [4.78, 5) is 11.0. The van der Waals surface area contributed by atoms with Gasteiger partial charge in [-0.1, -0.05) is 29.4 Å². The summed E-state index contributed by atoms with van der Waals surface area (Å²) in [6, 6.07) is 5.25. The number of alkyl halides is 2. The van der Waals surface area contributed by atoms with Gasteiger partial charge in [0, 0.05) is 11.1 Å². The molecule has 2 rings (SSSR count). The number of carboxylic acids is 1. The second-order valence-electron chi connectivity index (χ2n) is 3.69. The van der Waals surface area contributed by atoms with E-state index < -0.39 is 12.4 Å². The molecule has 0 atom stereocenters. The predicted molar refractivity (Wildman–Crippen MR) is 58.6 cm³/mol. The lowest BCUT2D eigenvalue weighted by atomic mass is 10.0. The first-order chi connectivity index (χ1) is 8.50. The van der Waals surface area contributed by atoms with Crippen molar-refractivity contribution in [2.45, 2.75) is 13.3 Å². The molecule has 0 bridgehead atoms. The number of nitrogens with zero attached hydrogens (tertiary/aromatic N) is 1. The molecule has 1 aromatic carbocycles. The zero-order chi connectivity index (χ0) is 13.3. The van der Waals surface area contributed by atoms with Gasteiger partial charge in [0.05, 0.1) is 0 Å². The van der Waals surface area contributed by atoms with Crippen molar-refractivity contribution in [1.82, 2.24) is 5.16 Å². The summed E-state index contributed by atoms with van der Waals surface area (Å²) in [5.41, 5.74) is 0.380. The summed E-state index contributed by atoms with van der Waals surface area (Å²) < 4.78 is 29.6. The third-order valence-electron chi connectivity index (χ3n) is 2.51. The third-order valence-corrected chi connectivity index (χ3v) is 2.51. The number of aromatic carboxylic acids is 1. The van der Waals surface area contributed by atoms with Gasteiger partial charge in [-0.05, 0) is 6.92 Å². The number of aryl methyl sites for hydroxylation is 1. The minimum atomic E-state index is -2.56. The van der Waals surface area contributed by atoms with E-state index in [1.54, 1.807) is 0 Å². The molecule has 1 heterocycles. The lowest BCUT2D eigenvalue weighted by Crippen LogP contribution is -1.99. The van der Waals surface area contributed by atoms with Gasteiger partial charge in [0.2, 0.25) is 0 Å². The van der Waals surface area contributed by atoms with E-state index in [4.69, 9.17) is 9.63 Å². The van der Waals surface area contributed by atoms with Crippen molar-refractivity contribution in [3.8, 4) is 11.3 Å². The first-order valence-electron chi connectivity index (χ1n) is 5.08. The van der Waals surface area contributed by atoms with Crippen LogP contribution in [0.4, 0.5) is 8.78 Å². The van der Waals surface area contributed by atoms with Crippen LogP contribution in [0.25, 0.3) is 11.3 Å². The van der Waals surface area contributed by atoms with Crippen molar-refractivity contribution >= 4 is 5.97 Å². The molecule has 0 saturated carbocycles. The average Bonchev–Trinajstić information content (AvgIpc) is 2.71. The number of rotatable bonds is 3. The van der Waals surface area contributed by atoms with E-state index in [9.17, 15) is 13.6 Å². The second kappa shape index (κ2) is 4.56. The minimum Gasteiger partial charge on any atom is -0.477 e. The number of benzene rings is 1. The quantitative estimate of drug-likeness (QED) is 0.911. The second-order valence-corrected chi connectivity index (χ2v) is 3.69. The number of halogens is 2. The highest BCUT2D eigenvalue weighted by molar-refractivity contribution is 5.95. The van der Waals surface area contributed by atoms with E-state index in [0.717, 1.165) is 0 Å². The Morgan fingerprint density at radius 2 is 1.94 bits per heavy atom. The fourth-order valence-corrected chi connectivity index (χ4v) is 1.61. The summed E-state index contributed by atoms with van der Waals surface area (Å²) >= 11 is 0. The summed E-state index contributed by atoms with van der Waals surface area (Å²) in [6.07, 6.45) is -2.56. The summed E-state index contributed by atoms with van der Waals surface area (Å²) in [5, 5.41) is 12.7. The Morgan fingerprint density at radius 3 is 2.44 bits per heavy atom. The van der Waals surface area contributed by atoms with Crippen molar-refractivity contribution < 1.29 is 23.2 Å². The van der Waals surface area contributed by atoms with E-state index in [1.807, 2.05) is 0 Å². The largest absolute Gasteiger partial charge is 0.477 e. The molecule has 4 nitrogen and oxygen atoms in total. The molecular formula is C12H9F2NO3. The fraction of sp³-hybridized carbons (Fsp3) is 0.167. The van der Waals surface area contributed by atoms with Gasteiger partial charge in [-0.15, -0.1) is 0 Å². The first-order valence-corrected chi connectivity index (χ1v) is 5.08. The van der Waals surface area contributed by atoms with Crippen molar-refractivity contribution in [1.29, 1.82) is 0 Å². The normalized spacial score (nSPS) is 10.9. The van der Waals surface area contributed by atoms with Gasteiger partial charge in [-0.2, -0.15) is 0 Å². The molecule has 1 N–H and O–H groups in total. The topological polar surface area (TPSA) is 63.3 Å². The van der Waals surface area contributed by atoms with Gasteiger partial charge < -0.3 is 9.63 Å². The monoisotopic (exact) mass is 253 g/mol. The molecular weight excluding hydrogens is 244 g/mol. The number of carbonyl (C=O) groups is 1. The number of carboxylic acid groups (broad SMARTS) is 1. The van der Waals surface area contributed by atoms with E-state index in [0.29, 0.717) is 5.56 Å². The number of hydrogen-bond donors (Lipinski definition) is 1. The van der Waals surface area contributed by atoms with Crippen LogP contribution in [-0.2, 0) is 0 Å². The molecule has 0 spiro atoms. The van der Waals surface area contributed by atoms with Crippen LogP contribution in [0.5, 0.6) is 0 Å². The van der Waals surface area contributed by atoms with Gasteiger partial charge in [0.15, 0.2) is 0 Å². The maximum absolute atomic E-state index is 12.4. The lowest BCUT2D eigenvalue weighted by Gasteiger charge is -2.01. The Kier molecular flexibility index (Phi) is 3.10. The number of hydrogen-bond acceptors (Lipinski definition) is 3. The zero-order valence-electron chi connectivity index (χ0n) is 9.35. The van der Waals surface area contributed by atoms with Gasteiger partial charge >= 0.3 is 5.97 Å². The molecule has 0 aliphatic heterocycles. The van der Waals surface area contributed by atoms with Gasteiger partial charge in [-0.3, -0.25) is 0 Å². The molecule has 18 heavy (non-hydrogen) atoms. The van der Waals surface area contributed by atoms with Gasteiger partial charge in [0.25, 0.3) is 6.43 Å². The lowest BCUT2D eigenvalue weighted by molar-refractivity contribution is 0.0695. The third kappa shape index (κ3) is 2.09. The van der Waals surface area contributed by atoms with Crippen LogP contribution in [0.2, 0.25) is 0 Å². The Balaban J connectivity index is 2.46. The molecule has 0 radical (unpaired) electrons. The van der Waals surface area contributed by atoms with Crippen LogP contribution in [0, 0.1) is 6.92 Å². The number of aromatic nitrogens is 1. The van der Waals surface area contributed by atoms with Crippen LogP contribution in [0.15, 0.2) is 28.8 Å². The highest BCUT2D eigenvalue weighted by Gasteiger charge is 2.21. The van der Waals surface area contributed by atoms with Crippen molar-refractivity contribution in [3.05, 3.63) is 41.2 Å². The average molecular weight is 253 g/mol. The van der Waals surface area contributed by atoms with Crippen molar-refractivity contribution in [2.75, 3.05) is 0 Å². The van der Waals surface area contributed by atoms with Gasteiger partial charge in [0.1, 0.15) is 17.0 Å². The summed E-state index contributed by atoms with van der Waals surface area (Å²) in [7, 11) is 0. The van der Waals surface area contributed by atoms with Crippen LogP contribution in [0.1, 0.15) is 28.1 Å². The van der Waals surface area contributed by atoms with Crippen LogP contribution in [0.3, 0.4) is 0 Å². The first kappa shape index (κ1) is 12.2. The Labute approximate surface area is 101 Å². The van der Waals surface area contributed by atoms with Crippen molar-refractivity contribution in [2.24, 2.45) is 0 Å². The Morgan fingerprint density at radius 1 is 1.33 bits per heavy atom. The molecule has 2 aromatic rings. The standard InChI is InChI=1S/C12H9F2NO3/c1-6-9(12(16)17)10(15-18-6)7-2-4-8(5-3-7)11(13)14/h2-5,11H,1H3,(H,16,17). The highest BCUT2D eigenvalue weighted by atomic mass is 19.3. The molecule has 0 unspecified atom stereocenters. The molecule has 0 aliphatic carbocycles. The van der Waals surface area contributed by atoms with Gasteiger partial charge in [-0.25, -0.2) is 13.6 Å². The minimum absolute atomic E-state index is 0.0557. The van der Waals surface area contributed by atoms with E-state index >= 15 is 0 Å². The Bertz CT molecular complexity index is 576. The van der Waals surface area contributed by atoms with Crippen LogP contribution < -0.4 is 0 Å². The Hall–Kier alpha value is -2.24. The van der Waals surface area contributed by atoms with Crippen molar-refractivity contribution in [3.63, 3.8) is 0 Å². The summed E-state index contributed by atoms with van der Waals surface area (Å²) in [6.45, 7) is 1.48. The van der Waals surface area contributed by atoms with E-state index in [2.05, 4.69) is 5.16 Å². The molecule has 94 valence electrons. The van der Waals surface area contributed by atoms with E-state index in [-0.39, 0.29) is 22.6 Å². The smallest absolute Gasteiger partial charge is 0.341 e. The highest BCUT2D eigenvalue weighted by Crippen LogP contribution is 2.27. The molecule has 1 aromatic heterocycles. The van der Waals surface area contributed by atoms with Crippen LogP contribution in [-0.4, -0.2) is 16.2 Å². The van der Waals surface area contributed by atoms with E-state index in [1.165, 1.54) is 31.2 Å². The van der Waals surface area contributed by atoms with Crippen LogP contribution >= 0.6 is 0 Å². The molecule has 0 aliphatic rings.